The van der Waals surface area contributed by atoms with E-state index in [4.69, 9.17) is 18.9 Å². The number of hydrogen-bond donors (Lipinski definition) is 2. The van der Waals surface area contributed by atoms with Gasteiger partial charge in [-0.2, -0.15) is 0 Å². The normalized spacial score (nSPS) is 10.3. The van der Waals surface area contributed by atoms with E-state index in [0.717, 1.165) is 10.5 Å². The number of carbonyl (C=O) groups is 3. The lowest BCUT2D eigenvalue weighted by atomic mass is 10.1. The Balaban J connectivity index is 1.87. The second-order valence-electron chi connectivity index (χ2n) is 5.90. The van der Waals surface area contributed by atoms with Crippen LogP contribution in [-0.2, 0) is 14.3 Å². The van der Waals surface area contributed by atoms with Crippen LogP contribution in [0.5, 0.6) is 17.2 Å². The minimum absolute atomic E-state index is 0.354. The van der Waals surface area contributed by atoms with Gasteiger partial charge in [0.15, 0.2) is 18.1 Å². The lowest BCUT2D eigenvalue weighted by Crippen LogP contribution is -2.43. The van der Waals surface area contributed by atoms with Crippen LogP contribution in [0.4, 0.5) is 0 Å². The predicted octanol–water partition coefficient (Wildman–Crippen LogP) is 2.49. The fourth-order valence-corrected chi connectivity index (χ4v) is 2.63. The summed E-state index contributed by atoms with van der Waals surface area (Å²) < 4.78 is 21.4. The Morgan fingerprint density at radius 1 is 0.903 bits per heavy atom. The summed E-state index contributed by atoms with van der Waals surface area (Å²) in [6, 6.07) is 9.80. The maximum absolute atomic E-state index is 11.9. The van der Waals surface area contributed by atoms with Crippen LogP contribution in [0.15, 0.2) is 46.9 Å². The molecule has 164 valence electrons. The number of amides is 2. The van der Waals surface area contributed by atoms with Crippen LogP contribution in [-0.4, -0.2) is 45.7 Å². The van der Waals surface area contributed by atoms with Crippen LogP contribution < -0.4 is 25.1 Å². The SMILES string of the molecule is COc1cc(OC)c(OC)cc1/C=C/C(=O)OCC(=O)NNC(=O)c1ccc(Br)cc1. The van der Waals surface area contributed by atoms with Crippen molar-refractivity contribution in [3.63, 3.8) is 0 Å². The number of hydrazine groups is 1. The van der Waals surface area contributed by atoms with Crippen molar-refractivity contribution in [1.82, 2.24) is 10.9 Å². The van der Waals surface area contributed by atoms with Gasteiger partial charge in [-0.1, -0.05) is 15.9 Å². The smallest absolute Gasteiger partial charge is 0.331 e. The van der Waals surface area contributed by atoms with Gasteiger partial charge in [-0.15, -0.1) is 0 Å². The molecule has 0 saturated heterocycles. The molecule has 0 bridgehead atoms. The third-order valence-corrected chi connectivity index (χ3v) is 4.43. The molecule has 0 spiro atoms. The van der Waals surface area contributed by atoms with Crippen molar-refractivity contribution >= 4 is 39.8 Å². The maximum atomic E-state index is 11.9. The van der Waals surface area contributed by atoms with Crippen molar-refractivity contribution in [2.24, 2.45) is 0 Å². The minimum Gasteiger partial charge on any atom is -0.496 e. The number of esters is 1. The fraction of sp³-hybridized carbons (Fsp3) is 0.190. The Morgan fingerprint density at radius 2 is 1.52 bits per heavy atom. The Kier molecular flexibility index (Phi) is 8.89. The molecule has 2 amide bonds. The fourth-order valence-electron chi connectivity index (χ4n) is 2.36. The number of benzene rings is 2. The van der Waals surface area contributed by atoms with Gasteiger partial charge in [0, 0.05) is 27.7 Å². The first-order chi connectivity index (χ1) is 14.9. The Bertz CT molecular complexity index is 974. The number of halogens is 1. The molecule has 10 heteroatoms. The zero-order chi connectivity index (χ0) is 22.8. The van der Waals surface area contributed by atoms with E-state index < -0.39 is 24.4 Å². The molecule has 0 aliphatic rings. The quantitative estimate of drug-likeness (QED) is 0.330. The van der Waals surface area contributed by atoms with E-state index in [0.29, 0.717) is 28.4 Å². The Hall–Kier alpha value is -3.53. The van der Waals surface area contributed by atoms with E-state index >= 15 is 0 Å². The monoisotopic (exact) mass is 492 g/mol. The zero-order valence-electron chi connectivity index (χ0n) is 17.1. The van der Waals surface area contributed by atoms with Crippen molar-refractivity contribution in [3.05, 3.63) is 58.1 Å². The van der Waals surface area contributed by atoms with Crippen molar-refractivity contribution in [3.8, 4) is 17.2 Å². The lowest BCUT2D eigenvalue weighted by molar-refractivity contribution is -0.144. The summed E-state index contributed by atoms with van der Waals surface area (Å²) in [5.74, 6) is -0.581. The standard InChI is InChI=1S/C21H21BrN2O7/c1-28-16-11-18(30-3)17(29-2)10-14(16)6-9-20(26)31-12-19(25)23-24-21(27)13-4-7-15(22)8-5-13/h4-11H,12H2,1-3H3,(H,23,25)(H,24,27)/b9-6+. The van der Waals surface area contributed by atoms with Gasteiger partial charge in [-0.25, -0.2) is 4.79 Å². The summed E-state index contributed by atoms with van der Waals surface area (Å²) in [6.07, 6.45) is 2.59. The molecule has 0 unspecified atom stereocenters. The highest BCUT2D eigenvalue weighted by atomic mass is 79.9. The summed E-state index contributed by atoms with van der Waals surface area (Å²) in [5, 5.41) is 0. The van der Waals surface area contributed by atoms with Crippen molar-refractivity contribution in [1.29, 1.82) is 0 Å². The van der Waals surface area contributed by atoms with Gasteiger partial charge < -0.3 is 18.9 Å². The van der Waals surface area contributed by atoms with E-state index in [9.17, 15) is 14.4 Å². The maximum Gasteiger partial charge on any atom is 0.331 e. The number of nitrogens with one attached hydrogen (secondary N) is 2. The number of ether oxygens (including phenoxy) is 4. The van der Waals surface area contributed by atoms with Gasteiger partial charge in [0.2, 0.25) is 0 Å². The van der Waals surface area contributed by atoms with Crippen molar-refractivity contribution in [2.45, 2.75) is 0 Å². The molecule has 2 aromatic carbocycles. The first-order valence-corrected chi connectivity index (χ1v) is 9.66. The molecular weight excluding hydrogens is 472 g/mol. The largest absolute Gasteiger partial charge is 0.496 e. The highest BCUT2D eigenvalue weighted by Gasteiger charge is 2.12. The summed E-state index contributed by atoms with van der Waals surface area (Å²) in [7, 11) is 4.46. The molecule has 0 saturated carbocycles. The zero-order valence-corrected chi connectivity index (χ0v) is 18.6. The first kappa shape index (κ1) is 23.7. The molecule has 0 aliphatic heterocycles. The Labute approximate surface area is 187 Å². The average molecular weight is 493 g/mol. The third-order valence-electron chi connectivity index (χ3n) is 3.90. The molecule has 2 rings (SSSR count). The summed E-state index contributed by atoms with van der Waals surface area (Å²) in [4.78, 5) is 35.6. The molecule has 0 aliphatic carbocycles. The van der Waals surface area contributed by atoms with E-state index in [-0.39, 0.29) is 0 Å². The topological polar surface area (TPSA) is 112 Å². The molecule has 0 aromatic heterocycles. The van der Waals surface area contributed by atoms with Gasteiger partial charge in [0.05, 0.1) is 21.3 Å². The summed E-state index contributed by atoms with van der Waals surface area (Å²) in [5.41, 5.74) is 5.30. The third kappa shape index (κ3) is 7.03. The average Bonchev–Trinajstić information content (AvgIpc) is 2.79. The van der Waals surface area contributed by atoms with Gasteiger partial charge in [0.25, 0.3) is 11.8 Å². The number of methoxy groups -OCH3 is 3. The van der Waals surface area contributed by atoms with Crippen LogP contribution in [0.3, 0.4) is 0 Å². The molecule has 0 heterocycles. The van der Waals surface area contributed by atoms with Gasteiger partial charge in [-0.05, 0) is 36.4 Å². The van der Waals surface area contributed by atoms with Crippen LogP contribution in [0, 0.1) is 0 Å². The highest BCUT2D eigenvalue weighted by Crippen LogP contribution is 2.35. The molecule has 0 radical (unpaired) electrons. The van der Waals surface area contributed by atoms with Gasteiger partial charge in [-0.3, -0.25) is 20.4 Å². The van der Waals surface area contributed by atoms with E-state index in [1.165, 1.54) is 27.4 Å². The van der Waals surface area contributed by atoms with E-state index in [2.05, 4.69) is 26.8 Å². The molecule has 0 atom stereocenters. The molecule has 0 fully saturated rings. The van der Waals surface area contributed by atoms with Crippen LogP contribution in [0.1, 0.15) is 15.9 Å². The molecule has 31 heavy (non-hydrogen) atoms. The van der Waals surface area contributed by atoms with Crippen LogP contribution in [0.2, 0.25) is 0 Å². The molecular formula is C21H21BrN2O7. The summed E-state index contributed by atoms with van der Waals surface area (Å²) in [6.45, 7) is -0.577. The predicted molar refractivity (Wildman–Crippen MR) is 116 cm³/mol. The second-order valence-corrected chi connectivity index (χ2v) is 6.82. The van der Waals surface area contributed by atoms with Crippen molar-refractivity contribution in [2.75, 3.05) is 27.9 Å². The number of hydrogen-bond acceptors (Lipinski definition) is 7. The first-order valence-electron chi connectivity index (χ1n) is 8.87. The minimum atomic E-state index is -0.758. The van der Waals surface area contributed by atoms with Crippen LogP contribution in [0.25, 0.3) is 6.08 Å². The van der Waals surface area contributed by atoms with Crippen molar-refractivity contribution < 1.29 is 33.3 Å². The van der Waals surface area contributed by atoms with E-state index in [1.54, 1.807) is 36.4 Å². The lowest BCUT2D eigenvalue weighted by Gasteiger charge is -2.12. The molecule has 9 nitrogen and oxygen atoms in total. The van der Waals surface area contributed by atoms with Crippen LogP contribution >= 0.6 is 15.9 Å². The van der Waals surface area contributed by atoms with E-state index in [1.807, 2.05) is 0 Å². The molecule has 2 aromatic rings. The second kappa shape index (κ2) is 11.6. The molecule has 2 N–H and O–H groups in total. The Morgan fingerprint density at radius 3 is 2.13 bits per heavy atom. The highest BCUT2D eigenvalue weighted by molar-refractivity contribution is 9.10. The summed E-state index contributed by atoms with van der Waals surface area (Å²) >= 11 is 3.27. The number of rotatable bonds is 8. The van der Waals surface area contributed by atoms with Gasteiger partial charge >= 0.3 is 5.97 Å². The van der Waals surface area contributed by atoms with Gasteiger partial charge in [0.1, 0.15) is 5.75 Å². The number of carbonyl (C=O) groups excluding carboxylic acids is 3.